The summed E-state index contributed by atoms with van der Waals surface area (Å²) in [6, 6.07) is 10.9. The monoisotopic (exact) mass is 377 g/mol. The minimum absolute atomic E-state index is 0.0579. The van der Waals surface area contributed by atoms with E-state index in [1.165, 1.54) is 0 Å². The van der Waals surface area contributed by atoms with E-state index in [9.17, 15) is 9.59 Å². The average molecular weight is 378 g/mol. The summed E-state index contributed by atoms with van der Waals surface area (Å²) in [6.07, 6.45) is 0.142. The van der Waals surface area contributed by atoms with Crippen molar-refractivity contribution in [3.05, 3.63) is 57.2 Å². The van der Waals surface area contributed by atoms with Crippen LogP contribution in [0, 0.1) is 0 Å². The van der Waals surface area contributed by atoms with E-state index in [4.69, 9.17) is 11.6 Å². The molecule has 0 radical (unpaired) electrons. The van der Waals surface area contributed by atoms with Gasteiger partial charge >= 0.3 is 0 Å². The van der Waals surface area contributed by atoms with Crippen molar-refractivity contribution in [2.75, 3.05) is 13.1 Å². The van der Waals surface area contributed by atoms with Crippen LogP contribution in [-0.2, 0) is 22.7 Å². The first kappa shape index (κ1) is 17.9. The zero-order valence-corrected chi connectivity index (χ0v) is 15.3. The lowest BCUT2D eigenvalue weighted by atomic mass is 10.1. The molecule has 2 aromatic rings. The Morgan fingerprint density at radius 3 is 2.92 bits per heavy atom. The fraction of sp³-hybridized carbons (Fsp3) is 0.333. The lowest BCUT2D eigenvalue weighted by molar-refractivity contribution is -0.138. The van der Waals surface area contributed by atoms with Gasteiger partial charge in [0.25, 0.3) is 0 Å². The van der Waals surface area contributed by atoms with Crippen LogP contribution in [0.15, 0.2) is 41.8 Å². The van der Waals surface area contributed by atoms with Gasteiger partial charge in [-0.3, -0.25) is 9.59 Å². The third kappa shape index (κ3) is 4.81. The Hall–Kier alpha value is -1.89. The maximum atomic E-state index is 12.7. The van der Waals surface area contributed by atoms with Gasteiger partial charge in [-0.05, 0) is 23.1 Å². The maximum Gasteiger partial charge on any atom is 0.240 e. The summed E-state index contributed by atoms with van der Waals surface area (Å²) in [5.74, 6) is -0.184. The standard InChI is InChI=1S/C18H20ClN3O2S/c19-15-6-2-1-4-13(15)12-22-8-7-20-16(18(22)24)10-17(23)21-11-14-5-3-9-25-14/h1-6,9,16,20H,7-8,10-12H2,(H,21,23). The minimum Gasteiger partial charge on any atom is -0.351 e. The van der Waals surface area contributed by atoms with Crippen LogP contribution in [0.1, 0.15) is 16.9 Å². The van der Waals surface area contributed by atoms with E-state index in [1.54, 1.807) is 16.2 Å². The summed E-state index contributed by atoms with van der Waals surface area (Å²) in [4.78, 5) is 27.6. The van der Waals surface area contributed by atoms with Crippen molar-refractivity contribution in [1.29, 1.82) is 0 Å². The van der Waals surface area contributed by atoms with Gasteiger partial charge in [0.15, 0.2) is 0 Å². The molecule has 25 heavy (non-hydrogen) atoms. The molecule has 3 rings (SSSR count). The normalized spacial score (nSPS) is 17.6. The van der Waals surface area contributed by atoms with Crippen molar-refractivity contribution in [2.24, 2.45) is 0 Å². The van der Waals surface area contributed by atoms with Gasteiger partial charge in [0, 0.05) is 29.5 Å². The molecule has 1 aromatic heterocycles. The number of carbonyl (C=O) groups is 2. The molecule has 0 bridgehead atoms. The van der Waals surface area contributed by atoms with Crippen LogP contribution in [0.3, 0.4) is 0 Å². The van der Waals surface area contributed by atoms with Gasteiger partial charge in [0.2, 0.25) is 11.8 Å². The van der Waals surface area contributed by atoms with Crippen LogP contribution in [0.4, 0.5) is 0 Å². The number of amides is 2. The molecule has 2 heterocycles. The predicted octanol–water partition coefficient (Wildman–Crippen LogP) is 2.41. The first-order valence-corrected chi connectivity index (χ1v) is 9.44. The quantitative estimate of drug-likeness (QED) is 0.812. The third-order valence-corrected chi connectivity index (χ3v) is 5.38. The van der Waals surface area contributed by atoms with E-state index in [2.05, 4.69) is 10.6 Å². The van der Waals surface area contributed by atoms with Crippen molar-refractivity contribution in [1.82, 2.24) is 15.5 Å². The highest BCUT2D eigenvalue weighted by Crippen LogP contribution is 2.18. The predicted molar refractivity (Wildman–Crippen MR) is 99.4 cm³/mol. The van der Waals surface area contributed by atoms with Crippen LogP contribution in [0.2, 0.25) is 5.02 Å². The van der Waals surface area contributed by atoms with Gasteiger partial charge < -0.3 is 15.5 Å². The third-order valence-electron chi connectivity index (χ3n) is 4.13. The van der Waals surface area contributed by atoms with Crippen molar-refractivity contribution in [3.63, 3.8) is 0 Å². The van der Waals surface area contributed by atoms with E-state index >= 15 is 0 Å². The Balaban J connectivity index is 1.54. The largest absolute Gasteiger partial charge is 0.351 e. The number of thiophene rings is 1. The number of halogens is 1. The second-order valence-electron chi connectivity index (χ2n) is 5.92. The van der Waals surface area contributed by atoms with E-state index in [0.29, 0.717) is 31.2 Å². The van der Waals surface area contributed by atoms with Crippen molar-refractivity contribution in [3.8, 4) is 0 Å². The second-order valence-corrected chi connectivity index (χ2v) is 7.36. The number of nitrogens with zero attached hydrogens (tertiary/aromatic N) is 1. The van der Waals surface area contributed by atoms with Gasteiger partial charge in [-0.15, -0.1) is 11.3 Å². The van der Waals surface area contributed by atoms with E-state index in [1.807, 2.05) is 41.8 Å². The van der Waals surface area contributed by atoms with Gasteiger partial charge in [-0.25, -0.2) is 0 Å². The molecule has 7 heteroatoms. The number of benzene rings is 1. The molecule has 0 spiro atoms. The fourth-order valence-electron chi connectivity index (χ4n) is 2.80. The number of carbonyl (C=O) groups excluding carboxylic acids is 2. The van der Waals surface area contributed by atoms with E-state index < -0.39 is 6.04 Å². The SMILES string of the molecule is O=C(CC1NCCN(Cc2ccccc2Cl)C1=O)NCc1cccs1. The summed E-state index contributed by atoms with van der Waals surface area (Å²) in [7, 11) is 0. The van der Waals surface area contributed by atoms with Crippen LogP contribution < -0.4 is 10.6 Å². The van der Waals surface area contributed by atoms with Crippen LogP contribution in [-0.4, -0.2) is 35.8 Å². The molecule has 1 aliphatic rings. The van der Waals surface area contributed by atoms with E-state index in [-0.39, 0.29) is 18.2 Å². The first-order chi connectivity index (χ1) is 12.1. The Morgan fingerprint density at radius 1 is 1.32 bits per heavy atom. The highest BCUT2D eigenvalue weighted by molar-refractivity contribution is 7.09. The zero-order chi connectivity index (χ0) is 17.6. The summed E-state index contributed by atoms with van der Waals surface area (Å²) in [6.45, 7) is 2.24. The molecule has 0 aliphatic carbocycles. The Kier molecular flexibility index (Phi) is 6.07. The minimum atomic E-state index is -0.487. The molecule has 1 aliphatic heterocycles. The lowest BCUT2D eigenvalue weighted by Gasteiger charge is -2.33. The lowest BCUT2D eigenvalue weighted by Crippen LogP contribution is -2.55. The van der Waals surface area contributed by atoms with Gasteiger partial charge in [0.05, 0.1) is 19.0 Å². The Morgan fingerprint density at radius 2 is 2.16 bits per heavy atom. The molecular formula is C18H20ClN3O2S. The maximum absolute atomic E-state index is 12.7. The second kappa shape index (κ2) is 8.47. The Bertz CT molecular complexity index is 736. The van der Waals surface area contributed by atoms with Gasteiger partial charge in [-0.2, -0.15) is 0 Å². The molecule has 1 atom stereocenters. The molecule has 1 unspecified atom stereocenters. The molecule has 2 N–H and O–H groups in total. The number of hydrogen-bond donors (Lipinski definition) is 2. The highest BCUT2D eigenvalue weighted by Gasteiger charge is 2.30. The van der Waals surface area contributed by atoms with Crippen LogP contribution >= 0.6 is 22.9 Å². The highest BCUT2D eigenvalue weighted by atomic mass is 35.5. The van der Waals surface area contributed by atoms with Crippen molar-refractivity contribution >= 4 is 34.8 Å². The van der Waals surface area contributed by atoms with Crippen molar-refractivity contribution < 1.29 is 9.59 Å². The zero-order valence-electron chi connectivity index (χ0n) is 13.7. The van der Waals surface area contributed by atoms with Gasteiger partial charge in [0.1, 0.15) is 0 Å². The first-order valence-electron chi connectivity index (χ1n) is 8.18. The summed E-state index contributed by atoms with van der Waals surface area (Å²) >= 11 is 7.78. The molecule has 1 aromatic carbocycles. The molecule has 0 saturated carbocycles. The van der Waals surface area contributed by atoms with Gasteiger partial charge in [-0.1, -0.05) is 35.9 Å². The molecule has 1 fully saturated rings. The van der Waals surface area contributed by atoms with E-state index in [0.717, 1.165) is 10.4 Å². The van der Waals surface area contributed by atoms with Crippen LogP contribution in [0.25, 0.3) is 0 Å². The number of nitrogens with one attached hydrogen (secondary N) is 2. The molecular weight excluding hydrogens is 358 g/mol. The topological polar surface area (TPSA) is 61.4 Å². The number of rotatable bonds is 6. The molecule has 2 amide bonds. The Labute approximate surface area is 156 Å². The molecule has 1 saturated heterocycles. The van der Waals surface area contributed by atoms with Crippen molar-refractivity contribution in [2.45, 2.75) is 25.6 Å². The number of piperazine rings is 1. The van der Waals surface area contributed by atoms with Crippen LogP contribution in [0.5, 0.6) is 0 Å². The number of hydrogen-bond acceptors (Lipinski definition) is 4. The summed E-state index contributed by atoms with van der Waals surface area (Å²) in [5.41, 5.74) is 0.917. The summed E-state index contributed by atoms with van der Waals surface area (Å²) < 4.78 is 0. The average Bonchev–Trinajstić information content (AvgIpc) is 3.12. The smallest absolute Gasteiger partial charge is 0.240 e. The molecule has 5 nitrogen and oxygen atoms in total. The molecule has 132 valence electrons. The summed E-state index contributed by atoms with van der Waals surface area (Å²) in [5, 5.41) is 8.63. The fourth-order valence-corrected chi connectivity index (χ4v) is 3.64.